The molecule has 0 saturated heterocycles. The van der Waals surface area contributed by atoms with Gasteiger partial charge in [0.25, 0.3) is 0 Å². The standard InChI is InChI=1S/C13H18ClNO2/c1-8(15-13(2,3)4)12(17)9-5-6-11(16)10(14)7-9/h5-8,15-16H,1-4H3. The Hall–Kier alpha value is -1.06. The van der Waals surface area contributed by atoms with E-state index in [0.29, 0.717) is 5.56 Å². The Labute approximate surface area is 107 Å². The summed E-state index contributed by atoms with van der Waals surface area (Å²) in [5.74, 6) is -0.0542. The lowest BCUT2D eigenvalue weighted by atomic mass is 10.0. The minimum atomic E-state index is -0.296. The highest BCUT2D eigenvalue weighted by Gasteiger charge is 2.21. The summed E-state index contributed by atoms with van der Waals surface area (Å²) in [6, 6.07) is 4.19. The molecule has 17 heavy (non-hydrogen) atoms. The van der Waals surface area contributed by atoms with Crippen LogP contribution in [0.4, 0.5) is 0 Å². The molecule has 1 rings (SSSR count). The van der Waals surface area contributed by atoms with Gasteiger partial charge in [0.2, 0.25) is 0 Å². The first-order valence-corrected chi connectivity index (χ1v) is 5.89. The Morgan fingerprint density at radius 1 is 1.41 bits per heavy atom. The van der Waals surface area contributed by atoms with Gasteiger partial charge in [-0.25, -0.2) is 0 Å². The molecule has 0 heterocycles. The van der Waals surface area contributed by atoms with Crippen LogP contribution in [0.25, 0.3) is 0 Å². The molecule has 1 aromatic rings. The molecule has 1 atom stereocenters. The third-order valence-corrected chi connectivity index (χ3v) is 2.58. The highest BCUT2D eigenvalue weighted by Crippen LogP contribution is 2.24. The maximum atomic E-state index is 12.1. The second kappa shape index (κ2) is 5.07. The van der Waals surface area contributed by atoms with Gasteiger partial charge in [-0.3, -0.25) is 4.79 Å². The lowest BCUT2D eigenvalue weighted by Crippen LogP contribution is -2.46. The molecule has 4 heteroatoms. The van der Waals surface area contributed by atoms with Gasteiger partial charge in [-0.05, 0) is 45.9 Å². The van der Waals surface area contributed by atoms with Crippen LogP contribution in [0.15, 0.2) is 18.2 Å². The number of halogens is 1. The van der Waals surface area contributed by atoms with Crippen LogP contribution < -0.4 is 5.32 Å². The van der Waals surface area contributed by atoms with E-state index in [-0.39, 0.29) is 28.1 Å². The minimum absolute atomic E-state index is 0.0142. The Kier molecular flexibility index (Phi) is 4.17. The first-order chi connectivity index (χ1) is 7.70. The first kappa shape index (κ1) is 14.0. The summed E-state index contributed by atoms with van der Waals surface area (Å²) in [5, 5.41) is 12.7. The molecular weight excluding hydrogens is 238 g/mol. The van der Waals surface area contributed by atoms with E-state index < -0.39 is 0 Å². The van der Waals surface area contributed by atoms with Crippen LogP contribution in [-0.2, 0) is 0 Å². The monoisotopic (exact) mass is 255 g/mol. The number of benzene rings is 1. The molecule has 3 nitrogen and oxygen atoms in total. The number of carbonyl (C=O) groups is 1. The Bertz CT molecular complexity index is 424. The molecule has 0 aromatic heterocycles. The van der Waals surface area contributed by atoms with Gasteiger partial charge in [-0.1, -0.05) is 11.6 Å². The maximum Gasteiger partial charge on any atom is 0.179 e. The van der Waals surface area contributed by atoms with Gasteiger partial charge in [0.1, 0.15) is 5.75 Å². The molecule has 0 saturated carbocycles. The van der Waals surface area contributed by atoms with E-state index in [1.165, 1.54) is 12.1 Å². The topological polar surface area (TPSA) is 49.3 Å². The van der Waals surface area contributed by atoms with Crippen molar-refractivity contribution in [2.45, 2.75) is 39.3 Å². The summed E-state index contributed by atoms with van der Waals surface area (Å²) in [4.78, 5) is 12.1. The summed E-state index contributed by atoms with van der Waals surface area (Å²) in [5.41, 5.74) is 0.368. The molecule has 0 aliphatic rings. The molecule has 0 radical (unpaired) electrons. The van der Waals surface area contributed by atoms with E-state index in [2.05, 4.69) is 5.32 Å². The smallest absolute Gasteiger partial charge is 0.179 e. The number of carbonyl (C=O) groups excluding carboxylic acids is 1. The summed E-state index contributed by atoms with van der Waals surface area (Å²) >= 11 is 5.77. The Morgan fingerprint density at radius 3 is 2.47 bits per heavy atom. The van der Waals surface area contributed by atoms with E-state index in [9.17, 15) is 9.90 Å². The van der Waals surface area contributed by atoms with E-state index in [4.69, 9.17) is 11.6 Å². The van der Waals surface area contributed by atoms with Gasteiger partial charge in [0, 0.05) is 11.1 Å². The van der Waals surface area contributed by atoms with Crippen molar-refractivity contribution < 1.29 is 9.90 Å². The lowest BCUT2D eigenvalue weighted by molar-refractivity contribution is 0.0936. The number of rotatable bonds is 3. The van der Waals surface area contributed by atoms with E-state index in [0.717, 1.165) is 0 Å². The highest BCUT2D eigenvalue weighted by atomic mass is 35.5. The third kappa shape index (κ3) is 4.02. The van der Waals surface area contributed by atoms with Crippen molar-refractivity contribution in [3.05, 3.63) is 28.8 Å². The Balaban J connectivity index is 2.85. The zero-order valence-electron chi connectivity index (χ0n) is 10.5. The number of hydrogen-bond donors (Lipinski definition) is 2. The second-order valence-electron chi connectivity index (χ2n) is 5.15. The van der Waals surface area contributed by atoms with Crippen LogP contribution in [0.1, 0.15) is 38.1 Å². The molecule has 0 aliphatic heterocycles. The first-order valence-electron chi connectivity index (χ1n) is 5.51. The van der Waals surface area contributed by atoms with Crippen molar-refractivity contribution in [1.29, 1.82) is 0 Å². The number of aromatic hydroxyl groups is 1. The average Bonchev–Trinajstić information content (AvgIpc) is 2.18. The van der Waals surface area contributed by atoms with Crippen LogP contribution in [0.2, 0.25) is 5.02 Å². The predicted molar refractivity (Wildman–Crippen MR) is 69.8 cm³/mol. The van der Waals surface area contributed by atoms with E-state index in [1.54, 1.807) is 6.07 Å². The van der Waals surface area contributed by atoms with Gasteiger partial charge in [0.15, 0.2) is 5.78 Å². The van der Waals surface area contributed by atoms with Crippen LogP contribution in [-0.4, -0.2) is 22.5 Å². The second-order valence-corrected chi connectivity index (χ2v) is 5.55. The molecule has 0 fully saturated rings. The van der Waals surface area contributed by atoms with Crippen molar-refractivity contribution in [2.75, 3.05) is 0 Å². The fraction of sp³-hybridized carbons (Fsp3) is 0.462. The van der Waals surface area contributed by atoms with Crippen LogP contribution >= 0.6 is 11.6 Å². The third-order valence-electron chi connectivity index (χ3n) is 2.28. The van der Waals surface area contributed by atoms with E-state index in [1.807, 2.05) is 27.7 Å². The lowest BCUT2D eigenvalue weighted by Gasteiger charge is -2.25. The van der Waals surface area contributed by atoms with Gasteiger partial charge in [-0.15, -0.1) is 0 Å². The van der Waals surface area contributed by atoms with E-state index >= 15 is 0 Å². The molecule has 0 bridgehead atoms. The molecule has 2 N–H and O–H groups in total. The molecular formula is C13H18ClNO2. The quantitative estimate of drug-likeness (QED) is 0.817. The number of phenols is 1. The zero-order chi connectivity index (χ0) is 13.2. The largest absolute Gasteiger partial charge is 0.506 e. The molecule has 94 valence electrons. The highest BCUT2D eigenvalue weighted by molar-refractivity contribution is 6.32. The predicted octanol–water partition coefficient (Wildman–Crippen LogP) is 3.00. The van der Waals surface area contributed by atoms with Crippen molar-refractivity contribution in [1.82, 2.24) is 5.32 Å². The summed E-state index contributed by atoms with van der Waals surface area (Å²) in [6.45, 7) is 7.82. The fourth-order valence-corrected chi connectivity index (χ4v) is 1.81. The van der Waals surface area contributed by atoms with Crippen molar-refractivity contribution >= 4 is 17.4 Å². The number of nitrogens with one attached hydrogen (secondary N) is 1. The molecule has 1 unspecified atom stereocenters. The van der Waals surface area contributed by atoms with Crippen molar-refractivity contribution in [2.24, 2.45) is 0 Å². The average molecular weight is 256 g/mol. The fourth-order valence-electron chi connectivity index (χ4n) is 1.63. The van der Waals surface area contributed by atoms with Gasteiger partial charge in [-0.2, -0.15) is 0 Å². The number of hydrogen-bond acceptors (Lipinski definition) is 3. The van der Waals surface area contributed by atoms with Crippen molar-refractivity contribution in [3.63, 3.8) is 0 Å². The van der Waals surface area contributed by atoms with Crippen LogP contribution in [0.5, 0.6) is 5.75 Å². The van der Waals surface area contributed by atoms with Crippen molar-refractivity contribution in [3.8, 4) is 5.75 Å². The Morgan fingerprint density at radius 2 is 2.00 bits per heavy atom. The molecule has 0 amide bonds. The molecule has 0 spiro atoms. The molecule has 0 aliphatic carbocycles. The van der Waals surface area contributed by atoms with Crippen LogP contribution in [0.3, 0.4) is 0 Å². The van der Waals surface area contributed by atoms with Gasteiger partial charge >= 0.3 is 0 Å². The van der Waals surface area contributed by atoms with Crippen LogP contribution in [0, 0.1) is 0 Å². The maximum absolute atomic E-state index is 12.1. The summed E-state index contributed by atoms with van der Waals surface area (Å²) in [7, 11) is 0. The molecule has 1 aromatic carbocycles. The zero-order valence-corrected chi connectivity index (χ0v) is 11.3. The minimum Gasteiger partial charge on any atom is -0.506 e. The van der Waals surface area contributed by atoms with Gasteiger partial charge in [0.05, 0.1) is 11.1 Å². The number of ketones is 1. The SMILES string of the molecule is CC(NC(C)(C)C)C(=O)c1ccc(O)c(Cl)c1. The summed E-state index contributed by atoms with van der Waals surface area (Å²) < 4.78 is 0. The normalized spacial score (nSPS) is 13.5. The summed E-state index contributed by atoms with van der Waals surface area (Å²) in [6.07, 6.45) is 0. The van der Waals surface area contributed by atoms with Gasteiger partial charge < -0.3 is 10.4 Å². The number of Topliss-reactive ketones (excluding diaryl/α,β-unsaturated/α-hetero) is 1. The number of phenolic OH excluding ortho intramolecular Hbond substituents is 1.